The molecule has 0 unspecified atom stereocenters. The number of halogens is 2. The Kier molecular flexibility index (Phi) is 3.12. The second-order valence-corrected chi connectivity index (χ2v) is 5.09. The average molecular weight is 307 g/mol. The van der Waals surface area contributed by atoms with Crippen molar-refractivity contribution in [3.05, 3.63) is 58.3 Å². The number of aromatic nitrogens is 2. The lowest BCUT2D eigenvalue weighted by Gasteiger charge is -2.06. The van der Waals surface area contributed by atoms with Crippen LogP contribution in [-0.4, -0.2) is 20.6 Å². The first-order chi connectivity index (χ1) is 9.56. The number of para-hydroxylation sites is 1. The molecule has 0 aliphatic carbocycles. The molecule has 0 radical (unpaired) electrons. The first-order valence-corrected chi connectivity index (χ1v) is 6.47. The van der Waals surface area contributed by atoms with Gasteiger partial charge in [0, 0.05) is 10.0 Å². The van der Waals surface area contributed by atoms with E-state index in [-0.39, 0.29) is 5.56 Å². The minimum atomic E-state index is -1.01. The van der Waals surface area contributed by atoms with Crippen LogP contribution >= 0.6 is 23.2 Å². The lowest BCUT2D eigenvalue weighted by molar-refractivity contribution is 0.0699. The van der Waals surface area contributed by atoms with Crippen molar-refractivity contribution in [3.8, 4) is 5.69 Å². The average Bonchev–Trinajstić information content (AvgIpc) is 2.80. The Bertz CT molecular complexity index is 807. The summed E-state index contributed by atoms with van der Waals surface area (Å²) in [4.78, 5) is 15.3. The molecule has 0 fully saturated rings. The van der Waals surface area contributed by atoms with Crippen LogP contribution in [0.4, 0.5) is 0 Å². The number of carbonyl (C=O) groups is 1. The molecule has 3 aromatic rings. The third kappa shape index (κ3) is 2.13. The van der Waals surface area contributed by atoms with E-state index in [1.54, 1.807) is 41.2 Å². The van der Waals surface area contributed by atoms with Crippen LogP contribution in [-0.2, 0) is 0 Å². The van der Waals surface area contributed by atoms with Gasteiger partial charge in [-0.25, -0.2) is 9.78 Å². The standard InChI is InChI=1S/C14H8Cl2N2O2/c15-8-4-9(16)6-10(5-8)18-7-17-13-11(14(19)20)2-1-3-12(13)18/h1-7H,(H,19,20). The summed E-state index contributed by atoms with van der Waals surface area (Å²) in [5.74, 6) is -1.01. The van der Waals surface area contributed by atoms with E-state index in [1.165, 1.54) is 6.07 Å². The molecule has 0 aliphatic heterocycles. The summed E-state index contributed by atoms with van der Waals surface area (Å²) in [6, 6.07) is 10.1. The molecule has 1 N–H and O–H groups in total. The number of imidazole rings is 1. The molecule has 0 spiro atoms. The van der Waals surface area contributed by atoms with Crippen LogP contribution in [0.5, 0.6) is 0 Å². The predicted molar refractivity (Wildman–Crippen MR) is 78.0 cm³/mol. The number of benzene rings is 2. The van der Waals surface area contributed by atoms with Crippen LogP contribution in [0.1, 0.15) is 10.4 Å². The van der Waals surface area contributed by atoms with Gasteiger partial charge in [-0.15, -0.1) is 0 Å². The number of nitrogens with zero attached hydrogens (tertiary/aromatic N) is 2. The molecular formula is C14H8Cl2N2O2. The molecule has 0 atom stereocenters. The Morgan fingerprint density at radius 1 is 1.15 bits per heavy atom. The molecule has 0 saturated carbocycles. The minimum Gasteiger partial charge on any atom is -0.478 e. The fourth-order valence-corrected chi connectivity index (χ4v) is 2.61. The van der Waals surface area contributed by atoms with E-state index in [9.17, 15) is 4.79 Å². The summed E-state index contributed by atoms with van der Waals surface area (Å²) in [7, 11) is 0. The highest BCUT2D eigenvalue weighted by Crippen LogP contribution is 2.26. The predicted octanol–water partition coefficient (Wildman–Crippen LogP) is 4.03. The van der Waals surface area contributed by atoms with Crippen molar-refractivity contribution < 1.29 is 9.90 Å². The summed E-state index contributed by atoms with van der Waals surface area (Å²) in [6.45, 7) is 0. The molecule has 4 nitrogen and oxygen atoms in total. The maximum Gasteiger partial charge on any atom is 0.337 e. The van der Waals surface area contributed by atoms with Crippen LogP contribution < -0.4 is 0 Å². The van der Waals surface area contributed by atoms with Crippen molar-refractivity contribution in [3.63, 3.8) is 0 Å². The van der Waals surface area contributed by atoms with Gasteiger partial charge in [-0.2, -0.15) is 0 Å². The first-order valence-electron chi connectivity index (χ1n) is 5.72. The molecule has 20 heavy (non-hydrogen) atoms. The maximum absolute atomic E-state index is 11.2. The molecule has 3 rings (SSSR count). The van der Waals surface area contributed by atoms with Crippen LogP contribution in [0, 0.1) is 0 Å². The highest BCUT2D eigenvalue weighted by molar-refractivity contribution is 6.34. The second kappa shape index (κ2) is 4.81. The molecule has 100 valence electrons. The summed E-state index contributed by atoms with van der Waals surface area (Å²) in [6.07, 6.45) is 1.55. The lowest BCUT2D eigenvalue weighted by Crippen LogP contribution is -1.98. The van der Waals surface area contributed by atoms with Gasteiger partial charge in [0.25, 0.3) is 0 Å². The topological polar surface area (TPSA) is 55.1 Å². The SMILES string of the molecule is O=C(O)c1cccc2c1ncn2-c1cc(Cl)cc(Cl)c1. The van der Waals surface area contributed by atoms with E-state index in [2.05, 4.69) is 4.98 Å². The van der Waals surface area contributed by atoms with Crippen LogP contribution in [0.3, 0.4) is 0 Å². The van der Waals surface area contributed by atoms with Gasteiger partial charge < -0.3 is 5.11 Å². The number of fused-ring (bicyclic) bond motifs is 1. The smallest absolute Gasteiger partial charge is 0.337 e. The fourth-order valence-electron chi connectivity index (χ4n) is 2.10. The zero-order valence-electron chi connectivity index (χ0n) is 10.0. The number of aromatic carboxylic acids is 1. The van der Waals surface area contributed by atoms with Crippen molar-refractivity contribution in [2.45, 2.75) is 0 Å². The molecule has 1 heterocycles. The maximum atomic E-state index is 11.2. The minimum absolute atomic E-state index is 0.161. The number of carboxylic acids is 1. The van der Waals surface area contributed by atoms with Crippen molar-refractivity contribution in [2.24, 2.45) is 0 Å². The lowest BCUT2D eigenvalue weighted by atomic mass is 10.2. The van der Waals surface area contributed by atoms with E-state index in [0.717, 1.165) is 5.69 Å². The third-order valence-corrected chi connectivity index (χ3v) is 3.37. The van der Waals surface area contributed by atoms with Gasteiger partial charge in [-0.1, -0.05) is 29.3 Å². The van der Waals surface area contributed by atoms with Crippen molar-refractivity contribution in [1.82, 2.24) is 9.55 Å². The second-order valence-electron chi connectivity index (χ2n) is 4.22. The van der Waals surface area contributed by atoms with Crippen molar-refractivity contribution in [1.29, 1.82) is 0 Å². The van der Waals surface area contributed by atoms with Crippen molar-refractivity contribution in [2.75, 3.05) is 0 Å². The molecular weight excluding hydrogens is 299 g/mol. The van der Waals surface area contributed by atoms with Crippen LogP contribution in [0.15, 0.2) is 42.7 Å². The Morgan fingerprint density at radius 3 is 2.50 bits per heavy atom. The van der Waals surface area contributed by atoms with Gasteiger partial charge in [-0.3, -0.25) is 4.57 Å². The van der Waals surface area contributed by atoms with Crippen molar-refractivity contribution >= 4 is 40.2 Å². The molecule has 2 aromatic carbocycles. The molecule has 6 heteroatoms. The number of hydrogen-bond acceptors (Lipinski definition) is 2. The Labute approximate surface area is 124 Å². The summed E-state index contributed by atoms with van der Waals surface area (Å²) in [5.41, 5.74) is 2.00. The highest BCUT2D eigenvalue weighted by atomic mass is 35.5. The Morgan fingerprint density at radius 2 is 1.85 bits per heavy atom. The zero-order chi connectivity index (χ0) is 14.3. The summed E-state index contributed by atoms with van der Waals surface area (Å²) in [5, 5.41) is 10.2. The number of rotatable bonds is 2. The van der Waals surface area contributed by atoms with Crippen LogP contribution in [0.2, 0.25) is 10.0 Å². The zero-order valence-corrected chi connectivity index (χ0v) is 11.6. The van der Waals surface area contributed by atoms with Gasteiger partial charge in [0.15, 0.2) is 0 Å². The monoisotopic (exact) mass is 306 g/mol. The normalized spacial score (nSPS) is 10.9. The van der Waals surface area contributed by atoms with E-state index in [4.69, 9.17) is 28.3 Å². The third-order valence-electron chi connectivity index (χ3n) is 2.93. The molecule has 0 saturated heterocycles. The quantitative estimate of drug-likeness (QED) is 0.777. The van der Waals surface area contributed by atoms with Crippen LogP contribution in [0.25, 0.3) is 16.7 Å². The van der Waals surface area contributed by atoms with E-state index in [0.29, 0.717) is 21.1 Å². The summed E-state index contributed by atoms with van der Waals surface area (Å²) < 4.78 is 1.75. The van der Waals surface area contributed by atoms with E-state index in [1.807, 2.05) is 0 Å². The molecule has 1 aromatic heterocycles. The molecule has 0 bridgehead atoms. The van der Waals surface area contributed by atoms with Gasteiger partial charge >= 0.3 is 5.97 Å². The Balaban J connectivity index is 2.28. The van der Waals surface area contributed by atoms with Gasteiger partial charge in [-0.05, 0) is 30.3 Å². The first kappa shape index (κ1) is 13.0. The highest BCUT2D eigenvalue weighted by Gasteiger charge is 2.13. The van der Waals surface area contributed by atoms with E-state index >= 15 is 0 Å². The van der Waals surface area contributed by atoms with Gasteiger partial charge in [0.2, 0.25) is 0 Å². The largest absolute Gasteiger partial charge is 0.478 e. The molecule has 0 amide bonds. The number of hydrogen-bond donors (Lipinski definition) is 1. The Hall–Kier alpha value is -2.04. The fraction of sp³-hybridized carbons (Fsp3) is 0. The molecule has 0 aliphatic rings. The van der Waals surface area contributed by atoms with Gasteiger partial charge in [0.05, 0.1) is 16.8 Å². The van der Waals surface area contributed by atoms with E-state index < -0.39 is 5.97 Å². The number of carboxylic acid groups (broad SMARTS) is 1. The van der Waals surface area contributed by atoms with Gasteiger partial charge in [0.1, 0.15) is 11.8 Å². The summed E-state index contributed by atoms with van der Waals surface area (Å²) >= 11 is 12.0.